The predicted molar refractivity (Wildman–Crippen MR) is 110 cm³/mol. The van der Waals surface area contributed by atoms with E-state index in [0.717, 1.165) is 63.0 Å². The first-order valence-corrected chi connectivity index (χ1v) is 10.7. The number of hydrogen-bond donors (Lipinski definition) is 1. The lowest BCUT2D eigenvalue weighted by Gasteiger charge is -2.50. The largest absolute Gasteiger partial charge is 0.348 e. The fraction of sp³-hybridized carbons (Fsp3) is 0.455. The van der Waals surface area contributed by atoms with E-state index in [1.54, 1.807) is 6.33 Å². The Hall–Kier alpha value is -3.16. The number of anilines is 1. The maximum Gasteiger partial charge on any atom is 0.324 e. The van der Waals surface area contributed by atoms with Gasteiger partial charge in [-0.05, 0) is 25.7 Å². The molecule has 8 nitrogen and oxygen atoms in total. The Labute approximate surface area is 174 Å². The Balaban J connectivity index is 1.26. The zero-order valence-electron chi connectivity index (χ0n) is 16.8. The summed E-state index contributed by atoms with van der Waals surface area (Å²) in [5.41, 5.74) is 2.84. The summed E-state index contributed by atoms with van der Waals surface area (Å²) in [6, 6.07) is 10.4. The number of H-pyrrole nitrogens is 1. The van der Waals surface area contributed by atoms with Crippen molar-refractivity contribution in [3.8, 4) is 11.4 Å². The number of hydrogen-bond acceptors (Lipinski definition) is 6. The third-order valence-electron chi connectivity index (χ3n) is 6.76. The molecular formula is C22H24N6O2. The Morgan fingerprint density at radius 1 is 1.13 bits per heavy atom. The Morgan fingerprint density at radius 3 is 2.70 bits per heavy atom. The summed E-state index contributed by atoms with van der Waals surface area (Å²) in [7, 11) is 0. The van der Waals surface area contributed by atoms with Crippen LogP contribution in [-0.2, 0) is 16.8 Å². The van der Waals surface area contributed by atoms with E-state index in [2.05, 4.69) is 29.9 Å². The van der Waals surface area contributed by atoms with Crippen LogP contribution in [0.2, 0.25) is 0 Å². The summed E-state index contributed by atoms with van der Waals surface area (Å²) in [6.07, 6.45) is 6.29. The van der Waals surface area contributed by atoms with Gasteiger partial charge in [-0.3, -0.25) is 4.79 Å². The van der Waals surface area contributed by atoms with Gasteiger partial charge in [0.25, 0.3) is 0 Å². The number of aromatic amines is 1. The molecule has 0 bridgehead atoms. The predicted octanol–water partition coefficient (Wildman–Crippen LogP) is 2.75. The van der Waals surface area contributed by atoms with Gasteiger partial charge < -0.3 is 19.3 Å². The summed E-state index contributed by atoms with van der Waals surface area (Å²) in [5.74, 6) is 1.12. The van der Waals surface area contributed by atoms with E-state index >= 15 is 0 Å². The lowest BCUT2D eigenvalue weighted by molar-refractivity contribution is -0.142. The standard InChI is InChI=1S/C22H24N6O2/c29-20(16-6-7-16)28-11-8-17-18(24-14-23-17)22(28)9-12-27(13-10-22)21-25-19(26-30-21)15-4-2-1-3-5-15/h1-5,14,16H,6-13H2,(H,23,24). The molecule has 6 rings (SSSR count). The highest BCUT2D eigenvalue weighted by Gasteiger charge is 2.51. The molecule has 1 aliphatic carbocycles. The molecular weight excluding hydrogens is 380 g/mol. The van der Waals surface area contributed by atoms with Gasteiger partial charge >= 0.3 is 6.01 Å². The number of rotatable bonds is 3. The molecule has 1 saturated heterocycles. The highest BCUT2D eigenvalue weighted by molar-refractivity contribution is 5.82. The van der Waals surface area contributed by atoms with Crippen molar-refractivity contribution < 1.29 is 9.32 Å². The van der Waals surface area contributed by atoms with Gasteiger partial charge in [0, 0.05) is 43.2 Å². The van der Waals surface area contributed by atoms with Crippen molar-refractivity contribution in [2.24, 2.45) is 5.92 Å². The van der Waals surface area contributed by atoms with Crippen molar-refractivity contribution in [2.75, 3.05) is 24.5 Å². The monoisotopic (exact) mass is 404 g/mol. The van der Waals surface area contributed by atoms with Crippen LogP contribution < -0.4 is 4.90 Å². The SMILES string of the molecule is O=C(C1CC1)N1CCc2[nH]cnc2C12CCN(c1nc(-c3ccccc3)no1)CC2. The van der Waals surface area contributed by atoms with Crippen LogP contribution in [0.4, 0.5) is 6.01 Å². The molecule has 3 aliphatic rings. The minimum Gasteiger partial charge on any atom is -0.348 e. The first-order chi connectivity index (χ1) is 14.7. The number of aromatic nitrogens is 4. The Morgan fingerprint density at radius 2 is 1.93 bits per heavy atom. The quantitative estimate of drug-likeness (QED) is 0.722. The number of piperidine rings is 1. The molecule has 3 aromatic rings. The smallest absolute Gasteiger partial charge is 0.324 e. The van der Waals surface area contributed by atoms with Crippen molar-refractivity contribution in [1.82, 2.24) is 25.0 Å². The van der Waals surface area contributed by atoms with Crippen LogP contribution in [0.5, 0.6) is 0 Å². The maximum absolute atomic E-state index is 13.1. The van der Waals surface area contributed by atoms with E-state index in [-0.39, 0.29) is 11.5 Å². The van der Waals surface area contributed by atoms with Crippen LogP contribution in [0.3, 0.4) is 0 Å². The number of fused-ring (bicyclic) bond motifs is 2. The lowest BCUT2D eigenvalue weighted by atomic mass is 9.78. The van der Waals surface area contributed by atoms with Crippen LogP contribution in [0.1, 0.15) is 37.1 Å². The summed E-state index contributed by atoms with van der Waals surface area (Å²) in [4.78, 5) is 29.9. The van der Waals surface area contributed by atoms with Crippen LogP contribution in [0.25, 0.3) is 11.4 Å². The van der Waals surface area contributed by atoms with Crippen molar-refractivity contribution in [3.63, 3.8) is 0 Å². The van der Waals surface area contributed by atoms with Crippen LogP contribution in [0, 0.1) is 5.92 Å². The van der Waals surface area contributed by atoms with E-state index in [4.69, 9.17) is 4.52 Å². The molecule has 1 spiro atoms. The second-order valence-electron chi connectivity index (χ2n) is 8.53. The molecule has 2 aromatic heterocycles. The van der Waals surface area contributed by atoms with Gasteiger partial charge in [0.05, 0.1) is 17.6 Å². The van der Waals surface area contributed by atoms with Gasteiger partial charge in [-0.15, -0.1) is 0 Å². The molecule has 1 N–H and O–H groups in total. The third-order valence-corrected chi connectivity index (χ3v) is 6.76. The second-order valence-corrected chi connectivity index (χ2v) is 8.53. The number of nitrogens with zero attached hydrogens (tertiary/aromatic N) is 5. The average Bonchev–Trinajstić information content (AvgIpc) is 3.32. The third kappa shape index (κ3) is 2.74. The average molecular weight is 404 g/mol. The fourth-order valence-electron chi connectivity index (χ4n) is 4.97. The van der Waals surface area contributed by atoms with Gasteiger partial charge in [-0.2, -0.15) is 4.98 Å². The highest BCUT2D eigenvalue weighted by Crippen LogP contribution is 2.45. The maximum atomic E-state index is 13.1. The van der Waals surface area contributed by atoms with E-state index in [0.29, 0.717) is 17.7 Å². The molecule has 8 heteroatoms. The van der Waals surface area contributed by atoms with Gasteiger partial charge in [0.15, 0.2) is 0 Å². The number of benzene rings is 1. The first kappa shape index (κ1) is 17.7. The summed E-state index contributed by atoms with van der Waals surface area (Å²) < 4.78 is 5.57. The number of carbonyl (C=O) groups is 1. The molecule has 2 aliphatic heterocycles. The number of carbonyl (C=O) groups excluding carboxylic acids is 1. The summed E-state index contributed by atoms with van der Waals surface area (Å²) in [6.45, 7) is 2.26. The van der Waals surface area contributed by atoms with Crippen molar-refractivity contribution in [1.29, 1.82) is 0 Å². The van der Waals surface area contributed by atoms with Gasteiger partial charge in [-0.1, -0.05) is 35.5 Å². The summed E-state index contributed by atoms with van der Waals surface area (Å²) in [5, 5.41) is 4.16. The minimum atomic E-state index is -0.327. The molecule has 4 heterocycles. The van der Waals surface area contributed by atoms with Crippen LogP contribution >= 0.6 is 0 Å². The molecule has 30 heavy (non-hydrogen) atoms. The van der Waals surface area contributed by atoms with Gasteiger partial charge in [0.1, 0.15) is 0 Å². The summed E-state index contributed by atoms with van der Waals surface area (Å²) >= 11 is 0. The molecule has 2 fully saturated rings. The van der Waals surface area contributed by atoms with E-state index < -0.39 is 0 Å². The van der Waals surface area contributed by atoms with Crippen molar-refractivity contribution in [2.45, 2.75) is 37.6 Å². The molecule has 0 radical (unpaired) electrons. The van der Waals surface area contributed by atoms with Gasteiger partial charge in [0.2, 0.25) is 11.7 Å². The highest BCUT2D eigenvalue weighted by atomic mass is 16.5. The topological polar surface area (TPSA) is 91.2 Å². The zero-order valence-corrected chi connectivity index (χ0v) is 16.8. The first-order valence-electron chi connectivity index (χ1n) is 10.7. The van der Waals surface area contributed by atoms with Gasteiger partial charge in [-0.25, -0.2) is 4.98 Å². The molecule has 0 unspecified atom stereocenters. The van der Waals surface area contributed by atoms with Crippen molar-refractivity contribution >= 4 is 11.9 Å². The van der Waals surface area contributed by atoms with Crippen molar-refractivity contribution in [3.05, 3.63) is 48.0 Å². The minimum absolute atomic E-state index is 0.213. The zero-order chi connectivity index (χ0) is 20.1. The Bertz CT molecular complexity index is 1060. The van der Waals surface area contributed by atoms with Crippen LogP contribution in [-0.4, -0.2) is 50.5 Å². The molecule has 0 atom stereocenters. The normalized spacial score (nSPS) is 20.4. The molecule has 1 saturated carbocycles. The molecule has 154 valence electrons. The fourth-order valence-corrected chi connectivity index (χ4v) is 4.97. The molecule has 1 amide bonds. The molecule has 1 aromatic carbocycles. The van der Waals surface area contributed by atoms with E-state index in [1.165, 1.54) is 5.69 Å². The number of nitrogens with one attached hydrogen (secondary N) is 1. The number of amides is 1. The Kier molecular flexibility index (Phi) is 3.94. The second kappa shape index (κ2) is 6.68. The number of imidazole rings is 1. The van der Waals surface area contributed by atoms with E-state index in [1.807, 2.05) is 30.3 Å². The lowest BCUT2D eigenvalue weighted by Crippen LogP contribution is -2.58. The van der Waals surface area contributed by atoms with Crippen LogP contribution in [0.15, 0.2) is 41.2 Å². The van der Waals surface area contributed by atoms with E-state index in [9.17, 15) is 4.79 Å².